The molecule has 0 aromatic rings. The molecule has 0 amide bonds. The third-order valence-electron chi connectivity index (χ3n) is 24.2. The minimum atomic E-state index is -2.28. The van der Waals surface area contributed by atoms with Crippen LogP contribution >= 0.6 is 0 Å². The number of carboxylic acid groups (broad SMARTS) is 1. The van der Waals surface area contributed by atoms with Gasteiger partial charge in [-0.25, -0.2) is 14.4 Å². The van der Waals surface area contributed by atoms with Crippen LogP contribution in [0.1, 0.15) is 141 Å². The van der Waals surface area contributed by atoms with Gasteiger partial charge in [-0.3, -0.25) is 4.79 Å². The molecule has 99 heavy (non-hydrogen) atoms. The molecule has 0 aromatic heterocycles. The average molecular weight is 1410 g/mol. The fourth-order valence-electron chi connectivity index (χ4n) is 18.6. The minimum Gasteiger partial charge on any atom is -0.479 e. The number of ether oxygens (including phenoxy) is 11. The van der Waals surface area contributed by atoms with E-state index in [0.29, 0.717) is 50.5 Å². The van der Waals surface area contributed by atoms with Gasteiger partial charge in [-0.2, -0.15) is 0 Å². The fraction of sp³-hybridized carbons (Fsp3) is 0.803. The molecule has 0 aromatic carbocycles. The first-order valence-electron chi connectivity index (χ1n) is 34.8. The van der Waals surface area contributed by atoms with Gasteiger partial charge in [0.1, 0.15) is 97.7 Å². The van der Waals surface area contributed by atoms with E-state index in [1.54, 1.807) is 32.1 Å². The maximum absolute atomic E-state index is 14.6. The summed E-state index contributed by atoms with van der Waals surface area (Å²) >= 11 is 0. The van der Waals surface area contributed by atoms with Gasteiger partial charge in [0.25, 0.3) is 0 Å². The first-order valence-corrected chi connectivity index (χ1v) is 34.8. The van der Waals surface area contributed by atoms with E-state index in [2.05, 4.69) is 61.5 Å². The molecule has 0 radical (unpaired) electrons. The van der Waals surface area contributed by atoms with Crippen LogP contribution in [0.15, 0.2) is 59.8 Å². The Labute approximate surface area is 577 Å². The lowest BCUT2D eigenvalue weighted by atomic mass is 9.32. The topological polar surface area (TPSA) is 433 Å². The van der Waals surface area contributed by atoms with Crippen LogP contribution in [0, 0.1) is 50.2 Å². The highest BCUT2D eigenvalue weighted by Crippen LogP contribution is 2.77. The lowest BCUT2D eigenvalue weighted by Gasteiger charge is -2.73. The molecule has 4 aliphatic heterocycles. The first kappa shape index (κ1) is 78.9. The summed E-state index contributed by atoms with van der Waals surface area (Å²) in [5.74, 6) is -4.47. The van der Waals surface area contributed by atoms with Crippen LogP contribution in [0.25, 0.3) is 0 Å². The molecule has 0 bridgehead atoms. The summed E-state index contributed by atoms with van der Waals surface area (Å²) in [6, 6.07) is 0. The number of unbranched alkanes of at least 4 members (excludes halogenated alkanes) is 1. The second-order valence-electron chi connectivity index (χ2n) is 30.9. The van der Waals surface area contributed by atoms with Crippen molar-refractivity contribution < 1.29 is 138 Å². The number of carbonyl (C=O) groups is 4. The number of aliphatic carboxylic acids is 1. The second-order valence-corrected chi connectivity index (χ2v) is 30.9. The third kappa shape index (κ3) is 14.5. The van der Waals surface area contributed by atoms with Gasteiger partial charge in [0.05, 0.1) is 37.4 Å². The predicted molar refractivity (Wildman–Crippen MR) is 345 cm³/mol. The SMILES string of the molecule is CC=C(C)C(=O)OC1CC(C)(C)CC2C3=CCC4C5(C)CCC(OC6OC(C)C(OC7OC(C(=O)O)C(O)C(OC8OC(CO)C(O)C(O)C8OC8OC(CO)C(O)C(O)C8O)C7O)C(O)C6O)C(C)(C)C5CCC4(C)C3(C)C(OC(=O)C=CC=CC=CCCC)C(OC(C)=O)C12CO. The van der Waals surface area contributed by atoms with Crippen molar-refractivity contribution in [3.8, 4) is 0 Å². The molecule has 560 valence electrons. The van der Waals surface area contributed by atoms with E-state index in [0.717, 1.165) is 18.4 Å². The lowest BCUT2D eigenvalue weighted by molar-refractivity contribution is -0.394. The van der Waals surface area contributed by atoms with E-state index in [1.165, 1.54) is 19.9 Å². The van der Waals surface area contributed by atoms with Crippen molar-refractivity contribution in [2.24, 2.45) is 50.2 Å². The summed E-state index contributed by atoms with van der Waals surface area (Å²) in [5, 5.41) is 143. The standard InChI is InChI=1S/C71H108O28/c1-13-15-16-17-18-19-20-21-44(76)95-58-59(90-35(5)75)71(32-74)37(28-66(6,7)29-43(71)93-61(88)33(3)14-2)36-22-23-41-68(10)26-25-42(67(8,9)40(68)24-27-69(41,11)70(36,58)12)94-62-51(83)49(81)54(34(4)89-62)96-64-53(85)55(52(84)56(98-64)60(86)87)97-65-57(48(80)46(78)39(31-73)92-65)99-63-50(82)47(79)45(77)38(30-72)91-63/h14,16-22,34,37-43,45-59,62-65,72-74,77-85H,13,15,23-32H2,1-12H3,(H,86,87). The van der Waals surface area contributed by atoms with Gasteiger partial charge in [-0.15, -0.1) is 0 Å². The molecule has 4 saturated carbocycles. The first-order chi connectivity index (χ1) is 46.5. The molecule has 9 aliphatic rings. The monoisotopic (exact) mass is 1410 g/mol. The zero-order valence-electron chi connectivity index (χ0n) is 58.6. The van der Waals surface area contributed by atoms with Crippen LogP contribution in [0.4, 0.5) is 0 Å². The Kier molecular flexibility index (Phi) is 24.6. The number of hydrogen-bond donors (Lipinski definition) is 13. The molecule has 28 nitrogen and oxygen atoms in total. The van der Waals surface area contributed by atoms with E-state index >= 15 is 0 Å². The molecule has 8 fully saturated rings. The molecule has 0 spiro atoms. The molecular weight excluding hydrogens is 1300 g/mol. The Hall–Kier alpha value is -4.22. The summed E-state index contributed by atoms with van der Waals surface area (Å²) in [6.45, 7) is 20.8. The maximum Gasteiger partial charge on any atom is 0.335 e. The van der Waals surface area contributed by atoms with Crippen LogP contribution in [0.3, 0.4) is 0 Å². The van der Waals surface area contributed by atoms with Crippen molar-refractivity contribution in [1.82, 2.24) is 0 Å². The maximum atomic E-state index is 14.6. The van der Waals surface area contributed by atoms with Crippen LogP contribution in [0.5, 0.6) is 0 Å². The Balaban J connectivity index is 0.963. The highest BCUT2D eigenvalue weighted by molar-refractivity contribution is 5.88. The summed E-state index contributed by atoms with van der Waals surface area (Å²) in [4.78, 5) is 55.0. The Morgan fingerprint density at radius 3 is 1.83 bits per heavy atom. The fourth-order valence-corrected chi connectivity index (χ4v) is 18.6. The van der Waals surface area contributed by atoms with Crippen LogP contribution in [0.2, 0.25) is 0 Å². The number of fused-ring (bicyclic) bond motifs is 7. The summed E-state index contributed by atoms with van der Waals surface area (Å²) in [7, 11) is 0. The zero-order valence-corrected chi connectivity index (χ0v) is 58.6. The number of allylic oxidation sites excluding steroid dienone is 7. The van der Waals surface area contributed by atoms with Crippen molar-refractivity contribution in [1.29, 1.82) is 0 Å². The molecule has 31 atom stereocenters. The molecule has 4 saturated heterocycles. The van der Waals surface area contributed by atoms with Gasteiger partial charge in [0, 0.05) is 24.0 Å². The highest BCUT2D eigenvalue weighted by atomic mass is 16.8. The van der Waals surface area contributed by atoms with Crippen molar-refractivity contribution >= 4 is 23.9 Å². The Bertz CT molecular complexity index is 3000. The van der Waals surface area contributed by atoms with E-state index in [4.69, 9.17) is 52.1 Å². The van der Waals surface area contributed by atoms with Gasteiger partial charge < -0.3 is 118 Å². The van der Waals surface area contributed by atoms with Crippen LogP contribution < -0.4 is 0 Å². The van der Waals surface area contributed by atoms with E-state index < -0.39 is 229 Å². The van der Waals surface area contributed by atoms with Gasteiger partial charge in [0.15, 0.2) is 37.4 Å². The molecule has 13 N–H and O–H groups in total. The number of rotatable bonds is 21. The quantitative estimate of drug-likeness (QED) is 0.0194. The number of carboxylic acids is 1. The smallest absolute Gasteiger partial charge is 0.335 e. The zero-order chi connectivity index (χ0) is 73.0. The summed E-state index contributed by atoms with van der Waals surface area (Å²) in [6.07, 6.45) is -22.6. The molecule has 9 rings (SSSR count). The van der Waals surface area contributed by atoms with E-state index in [-0.39, 0.29) is 11.8 Å². The minimum absolute atomic E-state index is 0.0765. The molecule has 28 heteroatoms. The van der Waals surface area contributed by atoms with Gasteiger partial charge >= 0.3 is 23.9 Å². The molecule has 5 aliphatic carbocycles. The van der Waals surface area contributed by atoms with Gasteiger partial charge in [-0.05, 0) is 112 Å². The van der Waals surface area contributed by atoms with Crippen molar-refractivity contribution in [2.45, 2.75) is 288 Å². The lowest BCUT2D eigenvalue weighted by Crippen LogP contribution is -2.75. The van der Waals surface area contributed by atoms with Gasteiger partial charge in [-0.1, -0.05) is 110 Å². The average Bonchev–Trinajstić information content (AvgIpc) is 0.661. The van der Waals surface area contributed by atoms with Crippen LogP contribution in [-0.2, 0) is 71.3 Å². The van der Waals surface area contributed by atoms with E-state index in [1.807, 2.05) is 18.2 Å². The van der Waals surface area contributed by atoms with Gasteiger partial charge in [0.2, 0.25) is 0 Å². The normalized spacial score (nSPS) is 46.7. The van der Waals surface area contributed by atoms with Crippen molar-refractivity contribution in [2.75, 3.05) is 19.8 Å². The molecule has 4 heterocycles. The summed E-state index contributed by atoms with van der Waals surface area (Å²) in [5.41, 5.74) is -3.54. The van der Waals surface area contributed by atoms with E-state index in [9.17, 15) is 85.6 Å². The van der Waals surface area contributed by atoms with Crippen molar-refractivity contribution in [3.05, 3.63) is 59.8 Å². The van der Waals surface area contributed by atoms with Crippen molar-refractivity contribution in [3.63, 3.8) is 0 Å². The number of esters is 3. The number of aliphatic hydroxyl groups excluding tert-OH is 12. The molecule has 31 unspecified atom stereocenters. The molecular formula is C71H108O28. The predicted octanol–water partition coefficient (Wildman–Crippen LogP) is 1.58. The second kappa shape index (κ2) is 30.8. The third-order valence-corrected chi connectivity index (χ3v) is 24.2. The largest absolute Gasteiger partial charge is 0.479 e. The summed E-state index contributed by atoms with van der Waals surface area (Å²) < 4.78 is 67.4. The van der Waals surface area contributed by atoms with Crippen LogP contribution in [-0.4, -0.2) is 257 Å². The number of hydrogen-bond acceptors (Lipinski definition) is 27. The Morgan fingerprint density at radius 1 is 0.606 bits per heavy atom. The Morgan fingerprint density at radius 2 is 1.20 bits per heavy atom. The highest BCUT2D eigenvalue weighted by Gasteiger charge is 2.77. The number of aliphatic hydroxyl groups is 12. The number of carbonyl (C=O) groups excluding carboxylic acids is 3.